The number of hydrogen-bond acceptors (Lipinski definition) is 7. The molecule has 342 valence electrons. The van der Waals surface area contributed by atoms with Gasteiger partial charge in [-0.25, -0.2) is 4.79 Å². The molecule has 61 heavy (non-hydrogen) atoms. The molecule has 0 radical (unpaired) electrons. The highest BCUT2D eigenvalue weighted by Crippen LogP contribution is 2.25. The zero-order chi connectivity index (χ0) is 46.2. The topological polar surface area (TPSA) is 82.2 Å². The average molecular weight is 843 g/mol. The van der Waals surface area contributed by atoms with Crippen LogP contribution in [-0.4, -0.2) is 105 Å². The quantitative estimate of drug-likeness (QED) is 0.0689. The molecule has 0 atom stereocenters. The van der Waals surface area contributed by atoms with E-state index in [1.807, 2.05) is 74.8 Å². The van der Waals surface area contributed by atoms with E-state index in [-0.39, 0.29) is 33.9 Å². The van der Waals surface area contributed by atoms with Crippen molar-refractivity contribution in [2.75, 3.05) is 73.1 Å². The number of nitrogens with zero attached hydrogens (tertiary/aromatic N) is 3. The summed E-state index contributed by atoms with van der Waals surface area (Å²) in [4.78, 5) is 43.1. The smallest absolute Gasteiger partial charge is 0.338 e. The molecule has 3 rings (SSSR count). The number of esters is 1. The van der Waals surface area contributed by atoms with Gasteiger partial charge >= 0.3 is 5.97 Å². The summed E-state index contributed by atoms with van der Waals surface area (Å²) in [6.45, 7) is 36.8. The monoisotopic (exact) mass is 843 g/mol. The predicted molar refractivity (Wildman–Crippen MR) is 260 cm³/mol. The molecule has 0 unspecified atom stereocenters. The van der Waals surface area contributed by atoms with Crippen molar-refractivity contribution in [2.45, 2.75) is 138 Å². The number of unbranched alkanes of at least 4 members (excludes halogenated alkanes) is 1. The van der Waals surface area contributed by atoms with E-state index in [4.69, 9.17) is 4.74 Å². The van der Waals surface area contributed by atoms with Crippen LogP contribution >= 0.6 is 0 Å². The van der Waals surface area contributed by atoms with E-state index < -0.39 is 0 Å². The Morgan fingerprint density at radius 2 is 1.02 bits per heavy atom. The first-order chi connectivity index (χ1) is 28.6. The van der Waals surface area contributed by atoms with Crippen LogP contribution in [-0.2, 0) is 21.0 Å². The SMILES string of the molecule is CCN(CC)CCCCC(=O)c1cccc(C(C)(C)C)c1.CCN(CC)CCCNC(=O)c1ccc(C(C)(C)C)cc1.CN(C)CCCOC(=O)c1cccc(C(C)(C)C)c1. The molecule has 0 aliphatic carbocycles. The van der Waals surface area contributed by atoms with Gasteiger partial charge in [-0.15, -0.1) is 0 Å². The van der Waals surface area contributed by atoms with Crippen molar-refractivity contribution in [3.8, 4) is 0 Å². The average Bonchev–Trinajstić information content (AvgIpc) is 3.22. The Morgan fingerprint density at radius 1 is 0.541 bits per heavy atom. The van der Waals surface area contributed by atoms with E-state index in [2.05, 4.69) is 122 Å². The second kappa shape index (κ2) is 28.0. The van der Waals surface area contributed by atoms with Crippen molar-refractivity contribution in [2.24, 2.45) is 0 Å². The Labute approximate surface area is 373 Å². The largest absolute Gasteiger partial charge is 0.462 e. The number of ether oxygens (including phenoxy) is 1. The molecular formula is C53H86N4O4. The maximum Gasteiger partial charge on any atom is 0.338 e. The molecule has 3 aromatic rings. The van der Waals surface area contributed by atoms with Crippen molar-refractivity contribution < 1.29 is 19.1 Å². The molecule has 1 N–H and O–H groups in total. The minimum Gasteiger partial charge on any atom is -0.462 e. The minimum atomic E-state index is -0.232. The number of ketones is 1. The molecule has 8 nitrogen and oxygen atoms in total. The molecular weight excluding hydrogens is 757 g/mol. The summed E-state index contributed by atoms with van der Waals surface area (Å²) in [5, 5.41) is 3.00. The molecule has 0 saturated carbocycles. The second-order valence-corrected chi connectivity index (χ2v) is 19.3. The Bertz CT molecular complexity index is 1690. The Morgan fingerprint density at radius 3 is 1.49 bits per heavy atom. The van der Waals surface area contributed by atoms with Crippen molar-refractivity contribution >= 4 is 17.7 Å². The summed E-state index contributed by atoms with van der Waals surface area (Å²) >= 11 is 0. The molecule has 0 aromatic heterocycles. The van der Waals surface area contributed by atoms with Crippen molar-refractivity contribution in [3.05, 3.63) is 106 Å². The number of benzene rings is 3. The molecule has 0 saturated heterocycles. The van der Waals surface area contributed by atoms with Gasteiger partial charge in [0.25, 0.3) is 5.91 Å². The van der Waals surface area contributed by atoms with Crippen LogP contribution in [0.2, 0.25) is 0 Å². The molecule has 0 heterocycles. The first kappa shape index (κ1) is 55.2. The highest BCUT2D eigenvalue weighted by Gasteiger charge is 2.18. The van der Waals surface area contributed by atoms with E-state index in [0.29, 0.717) is 18.6 Å². The van der Waals surface area contributed by atoms with Crippen LogP contribution < -0.4 is 5.32 Å². The van der Waals surface area contributed by atoms with Gasteiger partial charge < -0.3 is 24.8 Å². The van der Waals surface area contributed by atoms with E-state index in [1.54, 1.807) is 0 Å². The fourth-order valence-corrected chi connectivity index (χ4v) is 6.47. The van der Waals surface area contributed by atoms with Crippen LogP contribution in [0.4, 0.5) is 0 Å². The summed E-state index contributed by atoms with van der Waals surface area (Å²) in [6, 6.07) is 23.7. The Balaban J connectivity index is 0.000000458. The fourth-order valence-electron chi connectivity index (χ4n) is 6.47. The predicted octanol–water partition coefficient (Wildman–Crippen LogP) is 11.2. The molecule has 8 heteroatoms. The summed E-state index contributed by atoms with van der Waals surface area (Å²) < 4.78 is 5.28. The maximum atomic E-state index is 12.3. The highest BCUT2D eigenvalue weighted by atomic mass is 16.5. The molecule has 0 bridgehead atoms. The summed E-state index contributed by atoms with van der Waals surface area (Å²) in [5.74, 6) is 0.0699. The molecule has 0 aliphatic heterocycles. The van der Waals surface area contributed by atoms with Gasteiger partial charge in [0.2, 0.25) is 0 Å². The van der Waals surface area contributed by atoms with Gasteiger partial charge in [0.1, 0.15) is 0 Å². The number of rotatable bonds is 20. The minimum absolute atomic E-state index is 0.0232. The van der Waals surface area contributed by atoms with Crippen LogP contribution in [0.25, 0.3) is 0 Å². The van der Waals surface area contributed by atoms with Gasteiger partial charge in [-0.1, -0.05) is 132 Å². The zero-order valence-corrected chi connectivity index (χ0v) is 41.3. The molecule has 0 aliphatic rings. The van der Waals surface area contributed by atoms with Crippen molar-refractivity contribution in [1.82, 2.24) is 20.0 Å². The van der Waals surface area contributed by atoms with Crippen molar-refractivity contribution in [1.29, 1.82) is 0 Å². The van der Waals surface area contributed by atoms with Gasteiger partial charge in [0, 0.05) is 30.6 Å². The first-order valence-corrected chi connectivity index (χ1v) is 23.0. The highest BCUT2D eigenvalue weighted by molar-refractivity contribution is 5.96. The number of amides is 1. The van der Waals surface area contributed by atoms with E-state index in [0.717, 1.165) is 94.7 Å². The second-order valence-electron chi connectivity index (χ2n) is 19.3. The number of carbonyl (C=O) groups excluding carboxylic acids is 3. The third kappa shape index (κ3) is 22.7. The molecule has 3 aromatic carbocycles. The maximum absolute atomic E-state index is 12.3. The molecule has 0 fully saturated rings. The zero-order valence-electron chi connectivity index (χ0n) is 41.3. The van der Waals surface area contributed by atoms with Crippen LogP contribution in [0.1, 0.15) is 170 Å². The molecule has 0 spiro atoms. The van der Waals surface area contributed by atoms with Gasteiger partial charge in [-0.05, 0) is 142 Å². The van der Waals surface area contributed by atoms with E-state index in [1.165, 1.54) is 11.1 Å². The lowest BCUT2D eigenvalue weighted by Gasteiger charge is -2.19. The van der Waals surface area contributed by atoms with Crippen LogP contribution in [0.15, 0.2) is 72.8 Å². The van der Waals surface area contributed by atoms with Crippen LogP contribution in [0, 0.1) is 0 Å². The van der Waals surface area contributed by atoms with E-state index in [9.17, 15) is 14.4 Å². The van der Waals surface area contributed by atoms with Gasteiger partial charge in [-0.2, -0.15) is 0 Å². The van der Waals surface area contributed by atoms with E-state index >= 15 is 0 Å². The lowest BCUT2D eigenvalue weighted by atomic mass is 9.85. The van der Waals surface area contributed by atoms with Crippen molar-refractivity contribution in [3.63, 3.8) is 0 Å². The number of nitrogens with one attached hydrogen (secondary N) is 1. The lowest BCUT2D eigenvalue weighted by molar-refractivity contribution is 0.0492. The summed E-state index contributed by atoms with van der Waals surface area (Å²) in [7, 11) is 4.02. The standard InChI is InChI=1S/C19H31NO.C18H30N2O.C16H25NO2/c1-6-20(7-2)14-9-8-13-18(21)16-11-10-12-17(15-16)19(3,4)5;1-6-20(7-2)14-8-13-19-17(21)15-9-11-16(12-10-15)18(3,4)5;1-16(2,3)14-9-6-8-13(12-14)15(18)19-11-7-10-17(4)5/h10-12,15H,6-9,13-14H2,1-5H3;9-12H,6-8,13-14H2,1-5H3,(H,19,21);6,8-9,12H,7,10-11H2,1-5H3. The number of carbonyl (C=O) groups is 3. The molecule has 1 amide bonds. The normalized spacial score (nSPS) is 11.8. The Kier molecular flexibility index (Phi) is 25.3. The first-order valence-electron chi connectivity index (χ1n) is 23.0. The third-order valence-corrected chi connectivity index (χ3v) is 10.9. The van der Waals surface area contributed by atoms with Gasteiger partial charge in [0.15, 0.2) is 5.78 Å². The summed E-state index contributed by atoms with van der Waals surface area (Å²) in [6.07, 6.45) is 4.60. The number of hydrogen-bond donors (Lipinski definition) is 1. The van der Waals surface area contributed by atoms with Gasteiger partial charge in [0.05, 0.1) is 12.2 Å². The third-order valence-electron chi connectivity index (χ3n) is 10.9. The van der Waals surface area contributed by atoms with Gasteiger partial charge in [-0.3, -0.25) is 9.59 Å². The summed E-state index contributed by atoms with van der Waals surface area (Å²) in [5.41, 5.74) is 6.14. The fraction of sp³-hybridized carbons (Fsp3) is 0.604. The lowest BCUT2D eigenvalue weighted by Crippen LogP contribution is -2.29. The van der Waals surface area contributed by atoms with Crippen LogP contribution in [0.5, 0.6) is 0 Å². The van der Waals surface area contributed by atoms with Crippen LogP contribution in [0.3, 0.4) is 0 Å². The number of Topliss-reactive ketones (excluding diaryl/α,β-unsaturated/α-hetero) is 1. The Hall–Kier alpha value is -3.85.